The SMILES string of the molecule is CCOC(=O)c1cn(C2CC2)c2c(C)c(-c3ccc4c(c3)OCO4)ccc2c1=O. The van der Waals surface area contributed by atoms with Gasteiger partial charge in [0.2, 0.25) is 12.2 Å². The minimum absolute atomic E-state index is 0.0986. The van der Waals surface area contributed by atoms with Gasteiger partial charge in [-0.1, -0.05) is 12.1 Å². The van der Waals surface area contributed by atoms with Gasteiger partial charge < -0.3 is 18.8 Å². The monoisotopic (exact) mass is 391 g/mol. The summed E-state index contributed by atoms with van der Waals surface area (Å²) in [5.74, 6) is 0.895. The summed E-state index contributed by atoms with van der Waals surface area (Å²) in [6.07, 6.45) is 3.75. The second-order valence-corrected chi connectivity index (χ2v) is 7.43. The Balaban J connectivity index is 1.73. The Hall–Kier alpha value is -3.28. The number of aromatic nitrogens is 1. The average molecular weight is 391 g/mol. The molecular formula is C23H21NO5. The predicted octanol–water partition coefficient (Wildman–Crippen LogP) is 4.22. The van der Waals surface area contributed by atoms with E-state index in [1.165, 1.54) is 0 Å². The number of carbonyl (C=O) groups is 1. The van der Waals surface area contributed by atoms with Gasteiger partial charge in [0.05, 0.1) is 12.1 Å². The van der Waals surface area contributed by atoms with Gasteiger partial charge in [-0.15, -0.1) is 0 Å². The largest absolute Gasteiger partial charge is 0.462 e. The third-order valence-electron chi connectivity index (χ3n) is 5.57. The second-order valence-electron chi connectivity index (χ2n) is 7.43. The molecule has 2 heterocycles. The van der Waals surface area contributed by atoms with Crippen LogP contribution < -0.4 is 14.9 Å². The molecule has 0 saturated heterocycles. The summed E-state index contributed by atoms with van der Waals surface area (Å²) in [5.41, 5.74) is 3.71. The van der Waals surface area contributed by atoms with E-state index in [0.717, 1.165) is 46.5 Å². The third-order valence-corrected chi connectivity index (χ3v) is 5.57. The molecule has 1 aliphatic carbocycles. The molecule has 0 N–H and O–H groups in total. The molecule has 6 heteroatoms. The lowest BCUT2D eigenvalue weighted by atomic mass is 9.96. The Morgan fingerprint density at radius 1 is 1.17 bits per heavy atom. The van der Waals surface area contributed by atoms with Crippen molar-refractivity contribution in [3.05, 3.63) is 57.9 Å². The van der Waals surface area contributed by atoms with Crippen molar-refractivity contribution in [3.8, 4) is 22.6 Å². The van der Waals surface area contributed by atoms with Crippen molar-refractivity contribution < 1.29 is 19.0 Å². The van der Waals surface area contributed by atoms with Gasteiger partial charge in [0.1, 0.15) is 5.56 Å². The number of aryl methyl sites for hydroxylation is 1. The van der Waals surface area contributed by atoms with Crippen molar-refractivity contribution in [2.75, 3.05) is 13.4 Å². The van der Waals surface area contributed by atoms with Gasteiger partial charge in [-0.3, -0.25) is 4.79 Å². The van der Waals surface area contributed by atoms with Crippen LogP contribution in [0.25, 0.3) is 22.0 Å². The zero-order valence-corrected chi connectivity index (χ0v) is 16.4. The molecule has 0 unspecified atom stereocenters. The van der Waals surface area contributed by atoms with Crippen molar-refractivity contribution >= 4 is 16.9 Å². The first kappa shape index (κ1) is 17.8. The van der Waals surface area contributed by atoms with E-state index in [1.54, 1.807) is 13.1 Å². The lowest BCUT2D eigenvalue weighted by Gasteiger charge is -2.17. The molecule has 0 radical (unpaired) electrons. The van der Waals surface area contributed by atoms with Crippen LogP contribution in [0.3, 0.4) is 0 Å². The maximum absolute atomic E-state index is 13.0. The minimum Gasteiger partial charge on any atom is -0.462 e. The van der Waals surface area contributed by atoms with Gasteiger partial charge in [-0.05, 0) is 61.6 Å². The van der Waals surface area contributed by atoms with E-state index >= 15 is 0 Å². The highest BCUT2D eigenvalue weighted by molar-refractivity contribution is 5.96. The molecule has 1 fully saturated rings. The molecule has 5 rings (SSSR count). The van der Waals surface area contributed by atoms with E-state index in [1.807, 2.05) is 37.3 Å². The van der Waals surface area contributed by atoms with Gasteiger partial charge >= 0.3 is 5.97 Å². The quantitative estimate of drug-likeness (QED) is 0.623. The normalized spacial score (nSPS) is 15.0. The Morgan fingerprint density at radius 2 is 1.97 bits per heavy atom. The van der Waals surface area contributed by atoms with Crippen molar-refractivity contribution in [1.29, 1.82) is 0 Å². The summed E-state index contributed by atoms with van der Waals surface area (Å²) >= 11 is 0. The highest BCUT2D eigenvalue weighted by Crippen LogP contribution is 2.41. The molecule has 2 aliphatic rings. The Kier molecular flexibility index (Phi) is 4.08. The van der Waals surface area contributed by atoms with Gasteiger partial charge in [-0.2, -0.15) is 0 Å². The van der Waals surface area contributed by atoms with Crippen molar-refractivity contribution in [2.24, 2.45) is 0 Å². The fourth-order valence-electron chi connectivity index (χ4n) is 4.00. The molecule has 0 bridgehead atoms. The topological polar surface area (TPSA) is 66.8 Å². The third kappa shape index (κ3) is 2.87. The number of carbonyl (C=O) groups excluding carboxylic acids is 1. The maximum atomic E-state index is 13.0. The molecule has 148 valence electrons. The fraction of sp³-hybridized carbons (Fsp3) is 0.304. The lowest BCUT2D eigenvalue weighted by Crippen LogP contribution is -2.21. The number of rotatable bonds is 4. The summed E-state index contributed by atoms with van der Waals surface area (Å²) in [5, 5.41) is 0.546. The van der Waals surface area contributed by atoms with Crippen molar-refractivity contribution in [2.45, 2.75) is 32.7 Å². The van der Waals surface area contributed by atoms with E-state index in [2.05, 4.69) is 4.57 Å². The van der Waals surface area contributed by atoms with E-state index in [4.69, 9.17) is 14.2 Å². The Bertz CT molecular complexity index is 1210. The van der Waals surface area contributed by atoms with Gasteiger partial charge in [0, 0.05) is 17.6 Å². The predicted molar refractivity (Wildman–Crippen MR) is 109 cm³/mol. The highest BCUT2D eigenvalue weighted by Gasteiger charge is 2.28. The molecular weight excluding hydrogens is 370 g/mol. The maximum Gasteiger partial charge on any atom is 0.343 e. The molecule has 1 aromatic heterocycles. The van der Waals surface area contributed by atoms with Crippen LogP contribution in [0, 0.1) is 6.92 Å². The zero-order valence-electron chi connectivity index (χ0n) is 16.4. The molecule has 1 saturated carbocycles. The summed E-state index contributed by atoms with van der Waals surface area (Å²) in [7, 11) is 0. The number of ether oxygens (including phenoxy) is 3. The Morgan fingerprint density at radius 3 is 2.72 bits per heavy atom. The number of benzene rings is 2. The van der Waals surface area contributed by atoms with Gasteiger partial charge in [0.15, 0.2) is 11.5 Å². The minimum atomic E-state index is -0.564. The number of fused-ring (bicyclic) bond motifs is 2. The lowest BCUT2D eigenvalue weighted by molar-refractivity contribution is 0.0524. The second kappa shape index (κ2) is 6.65. The van der Waals surface area contributed by atoms with E-state index in [-0.39, 0.29) is 24.4 Å². The first-order chi connectivity index (χ1) is 14.1. The summed E-state index contributed by atoms with van der Waals surface area (Å²) < 4.78 is 18.1. The van der Waals surface area contributed by atoms with Gasteiger partial charge in [-0.25, -0.2) is 4.79 Å². The molecule has 29 heavy (non-hydrogen) atoms. The van der Waals surface area contributed by atoms with Crippen LogP contribution in [0.1, 0.15) is 41.7 Å². The van der Waals surface area contributed by atoms with E-state index < -0.39 is 5.97 Å². The number of hydrogen-bond donors (Lipinski definition) is 0. The van der Waals surface area contributed by atoms with Crippen LogP contribution in [0.4, 0.5) is 0 Å². The molecule has 6 nitrogen and oxygen atoms in total. The highest BCUT2D eigenvalue weighted by atomic mass is 16.7. The zero-order chi connectivity index (χ0) is 20.1. The summed E-state index contributed by atoms with van der Waals surface area (Å²) in [6, 6.07) is 9.91. The molecule has 2 aromatic carbocycles. The smallest absolute Gasteiger partial charge is 0.343 e. The molecule has 1 aliphatic heterocycles. The van der Waals surface area contributed by atoms with Crippen LogP contribution >= 0.6 is 0 Å². The fourth-order valence-corrected chi connectivity index (χ4v) is 4.00. The van der Waals surface area contributed by atoms with Gasteiger partial charge in [0.25, 0.3) is 0 Å². The molecule has 0 atom stereocenters. The first-order valence-electron chi connectivity index (χ1n) is 9.84. The van der Waals surface area contributed by atoms with Crippen LogP contribution in [0.5, 0.6) is 11.5 Å². The number of hydrogen-bond acceptors (Lipinski definition) is 5. The molecule has 0 spiro atoms. The average Bonchev–Trinajstić information content (AvgIpc) is 3.45. The summed E-state index contributed by atoms with van der Waals surface area (Å²) in [6.45, 7) is 4.22. The van der Waals surface area contributed by atoms with E-state index in [0.29, 0.717) is 11.4 Å². The number of esters is 1. The molecule has 0 amide bonds. The van der Waals surface area contributed by atoms with Crippen LogP contribution in [-0.4, -0.2) is 23.9 Å². The van der Waals surface area contributed by atoms with Crippen molar-refractivity contribution in [3.63, 3.8) is 0 Å². The van der Waals surface area contributed by atoms with Crippen LogP contribution in [-0.2, 0) is 4.74 Å². The Labute approximate surface area is 167 Å². The van der Waals surface area contributed by atoms with Crippen LogP contribution in [0.15, 0.2) is 41.3 Å². The summed E-state index contributed by atoms with van der Waals surface area (Å²) in [4.78, 5) is 25.4. The first-order valence-corrected chi connectivity index (χ1v) is 9.84. The molecule has 3 aromatic rings. The number of pyridine rings is 1. The standard InChI is InChI=1S/C23H21NO5/c1-3-27-23(26)18-11-24(15-5-6-15)21-13(2)16(7-8-17(21)22(18)25)14-4-9-19-20(10-14)29-12-28-19/h4,7-11,15H,3,5-6,12H2,1-2H3. The number of nitrogens with zero attached hydrogens (tertiary/aromatic N) is 1. The van der Waals surface area contributed by atoms with E-state index in [9.17, 15) is 9.59 Å². The van der Waals surface area contributed by atoms with Crippen molar-refractivity contribution in [1.82, 2.24) is 4.57 Å². The van der Waals surface area contributed by atoms with Crippen LogP contribution in [0.2, 0.25) is 0 Å².